The standard InChI is InChI=1S/C22H34O2/c1-17(2)13-11-15-19(5)21(7,8)23-24-22(9,10)20(6)16-12-14-18(3)4/h13-14,19-20H,1-10H3. The minimum atomic E-state index is -0.507. The highest BCUT2D eigenvalue weighted by Gasteiger charge is 2.33. The molecule has 0 aliphatic carbocycles. The fraction of sp³-hybridized carbons (Fsp3) is 0.636. The van der Waals surface area contributed by atoms with E-state index in [0.29, 0.717) is 0 Å². The Morgan fingerprint density at radius 2 is 1.00 bits per heavy atom. The Kier molecular flexibility index (Phi) is 9.13. The van der Waals surface area contributed by atoms with Crippen molar-refractivity contribution in [3.8, 4) is 23.7 Å². The molecule has 2 heteroatoms. The molecule has 134 valence electrons. The Morgan fingerprint density at radius 1 is 0.708 bits per heavy atom. The second-order valence-electron chi connectivity index (χ2n) is 7.84. The fourth-order valence-corrected chi connectivity index (χ4v) is 1.33. The molecule has 2 unspecified atom stereocenters. The maximum atomic E-state index is 5.76. The lowest BCUT2D eigenvalue weighted by molar-refractivity contribution is -0.410. The van der Waals surface area contributed by atoms with Gasteiger partial charge in [0.25, 0.3) is 0 Å². The molecule has 0 saturated heterocycles. The first-order chi connectivity index (χ1) is 10.9. The topological polar surface area (TPSA) is 18.5 Å². The third-order valence-corrected chi connectivity index (χ3v) is 3.88. The maximum Gasteiger partial charge on any atom is 0.111 e. The lowest BCUT2D eigenvalue weighted by Crippen LogP contribution is -2.39. The van der Waals surface area contributed by atoms with Gasteiger partial charge in [0.2, 0.25) is 0 Å². The summed E-state index contributed by atoms with van der Waals surface area (Å²) in [4.78, 5) is 11.5. The summed E-state index contributed by atoms with van der Waals surface area (Å²) in [5.74, 6) is 12.6. The van der Waals surface area contributed by atoms with E-state index in [1.165, 1.54) is 11.1 Å². The zero-order valence-electron chi connectivity index (χ0n) is 17.1. The Bertz CT molecular complexity index is 521. The molecule has 0 aromatic carbocycles. The predicted octanol–water partition coefficient (Wildman–Crippen LogP) is 5.70. The predicted molar refractivity (Wildman–Crippen MR) is 103 cm³/mol. The van der Waals surface area contributed by atoms with Gasteiger partial charge in [0.05, 0.1) is 0 Å². The van der Waals surface area contributed by atoms with E-state index < -0.39 is 11.2 Å². The molecule has 2 atom stereocenters. The highest BCUT2D eigenvalue weighted by atomic mass is 17.2. The van der Waals surface area contributed by atoms with Crippen LogP contribution in [0.4, 0.5) is 0 Å². The van der Waals surface area contributed by atoms with Gasteiger partial charge in [0.15, 0.2) is 0 Å². The van der Waals surface area contributed by atoms with Gasteiger partial charge in [-0.25, -0.2) is 9.78 Å². The van der Waals surface area contributed by atoms with Crippen molar-refractivity contribution < 1.29 is 9.78 Å². The minimum absolute atomic E-state index is 0.0379. The zero-order valence-corrected chi connectivity index (χ0v) is 17.1. The quantitative estimate of drug-likeness (QED) is 0.365. The Labute approximate surface area is 149 Å². The highest BCUT2D eigenvalue weighted by molar-refractivity contribution is 5.22. The molecule has 0 bridgehead atoms. The average molecular weight is 331 g/mol. The number of allylic oxidation sites excluding steroid dienone is 4. The SMILES string of the molecule is CC(C)=CC#CC(C)C(C)(C)OOC(C)(C)C(C)C#CC=C(C)C. The van der Waals surface area contributed by atoms with Crippen molar-refractivity contribution >= 4 is 0 Å². The van der Waals surface area contributed by atoms with Crippen molar-refractivity contribution in [1.29, 1.82) is 0 Å². The summed E-state index contributed by atoms with van der Waals surface area (Å²) in [6.07, 6.45) is 3.83. The summed E-state index contributed by atoms with van der Waals surface area (Å²) >= 11 is 0. The summed E-state index contributed by atoms with van der Waals surface area (Å²) in [6.45, 7) is 20.2. The number of hydrogen-bond donors (Lipinski definition) is 0. The molecule has 0 saturated carbocycles. The highest BCUT2D eigenvalue weighted by Crippen LogP contribution is 2.27. The Balaban J connectivity index is 4.87. The molecule has 0 N–H and O–H groups in total. The maximum absolute atomic E-state index is 5.76. The molecule has 0 amide bonds. The lowest BCUT2D eigenvalue weighted by Gasteiger charge is -2.34. The van der Waals surface area contributed by atoms with Crippen molar-refractivity contribution in [3.05, 3.63) is 23.3 Å². The number of rotatable bonds is 5. The molecule has 2 nitrogen and oxygen atoms in total. The molecule has 0 heterocycles. The van der Waals surface area contributed by atoms with Crippen LogP contribution in [0.1, 0.15) is 69.2 Å². The van der Waals surface area contributed by atoms with Gasteiger partial charge in [-0.15, -0.1) is 0 Å². The second-order valence-corrected chi connectivity index (χ2v) is 7.84. The molecule has 0 spiro atoms. The lowest BCUT2D eigenvalue weighted by atomic mass is 9.92. The first kappa shape index (κ1) is 22.5. The van der Waals surface area contributed by atoms with Crippen molar-refractivity contribution in [1.82, 2.24) is 0 Å². The zero-order chi connectivity index (χ0) is 19.0. The van der Waals surface area contributed by atoms with Crippen molar-refractivity contribution in [2.45, 2.75) is 80.4 Å². The van der Waals surface area contributed by atoms with Crippen LogP contribution in [-0.4, -0.2) is 11.2 Å². The van der Waals surface area contributed by atoms with E-state index in [4.69, 9.17) is 9.78 Å². The molecule has 0 aromatic heterocycles. The van der Waals surface area contributed by atoms with Crippen LogP contribution in [0.5, 0.6) is 0 Å². The third kappa shape index (κ3) is 8.97. The van der Waals surface area contributed by atoms with Gasteiger partial charge < -0.3 is 0 Å². The largest absolute Gasteiger partial charge is 0.229 e. The van der Waals surface area contributed by atoms with E-state index in [0.717, 1.165) is 0 Å². The molecule has 0 aromatic rings. The van der Waals surface area contributed by atoms with Crippen LogP contribution in [0.15, 0.2) is 23.3 Å². The summed E-state index contributed by atoms with van der Waals surface area (Å²) in [7, 11) is 0. The van der Waals surface area contributed by atoms with Crippen LogP contribution < -0.4 is 0 Å². The Hall–Kier alpha value is -1.48. The van der Waals surface area contributed by atoms with Crippen LogP contribution in [-0.2, 0) is 9.78 Å². The average Bonchev–Trinajstić information content (AvgIpc) is 2.44. The molecule has 0 aliphatic heterocycles. The van der Waals surface area contributed by atoms with E-state index in [9.17, 15) is 0 Å². The van der Waals surface area contributed by atoms with E-state index in [1.807, 2.05) is 81.4 Å². The first-order valence-corrected chi connectivity index (χ1v) is 8.54. The van der Waals surface area contributed by atoms with Crippen LogP contribution in [0.3, 0.4) is 0 Å². The molecule has 0 aliphatic rings. The van der Waals surface area contributed by atoms with Gasteiger partial charge in [0.1, 0.15) is 11.2 Å². The molecule has 0 rings (SSSR count). The normalized spacial score (nSPS) is 13.6. The molecular formula is C22H34O2. The van der Waals surface area contributed by atoms with Crippen LogP contribution in [0.2, 0.25) is 0 Å². The van der Waals surface area contributed by atoms with Crippen molar-refractivity contribution in [2.75, 3.05) is 0 Å². The fourth-order valence-electron chi connectivity index (χ4n) is 1.33. The molecule has 0 fully saturated rings. The first-order valence-electron chi connectivity index (χ1n) is 8.54. The minimum Gasteiger partial charge on any atom is -0.229 e. The molecule has 0 radical (unpaired) electrons. The van der Waals surface area contributed by atoms with Crippen molar-refractivity contribution in [3.63, 3.8) is 0 Å². The van der Waals surface area contributed by atoms with Crippen LogP contribution >= 0.6 is 0 Å². The Morgan fingerprint density at radius 3 is 1.25 bits per heavy atom. The summed E-state index contributed by atoms with van der Waals surface area (Å²) in [5, 5.41) is 0. The van der Waals surface area contributed by atoms with E-state index in [2.05, 4.69) is 23.7 Å². The van der Waals surface area contributed by atoms with Gasteiger partial charge in [-0.3, -0.25) is 0 Å². The van der Waals surface area contributed by atoms with Gasteiger partial charge in [0, 0.05) is 11.8 Å². The van der Waals surface area contributed by atoms with E-state index >= 15 is 0 Å². The van der Waals surface area contributed by atoms with Gasteiger partial charge in [-0.05, 0) is 81.4 Å². The summed E-state index contributed by atoms with van der Waals surface area (Å²) < 4.78 is 0. The van der Waals surface area contributed by atoms with Crippen molar-refractivity contribution in [2.24, 2.45) is 11.8 Å². The monoisotopic (exact) mass is 330 g/mol. The molecular weight excluding hydrogens is 296 g/mol. The van der Waals surface area contributed by atoms with Crippen LogP contribution in [0, 0.1) is 35.5 Å². The summed E-state index contributed by atoms with van der Waals surface area (Å²) in [6, 6.07) is 0. The third-order valence-electron chi connectivity index (χ3n) is 3.88. The second kappa shape index (κ2) is 9.73. The molecule has 24 heavy (non-hydrogen) atoms. The van der Waals surface area contributed by atoms with E-state index in [-0.39, 0.29) is 11.8 Å². The van der Waals surface area contributed by atoms with Gasteiger partial charge in [-0.2, -0.15) is 0 Å². The summed E-state index contributed by atoms with van der Waals surface area (Å²) in [5.41, 5.74) is 1.36. The van der Waals surface area contributed by atoms with Crippen LogP contribution in [0.25, 0.3) is 0 Å². The van der Waals surface area contributed by atoms with E-state index in [1.54, 1.807) is 0 Å². The van der Waals surface area contributed by atoms with Gasteiger partial charge >= 0.3 is 0 Å². The van der Waals surface area contributed by atoms with Gasteiger partial charge in [-0.1, -0.05) is 34.8 Å². The smallest absolute Gasteiger partial charge is 0.111 e. The number of hydrogen-bond acceptors (Lipinski definition) is 2.